The lowest BCUT2D eigenvalue weighted by molar-refractivity contribution is -0.120. The third kappa shape index (κ3) is 7.93. The number of carbonyl (C=O) groups is 1. The molecule has 0 saturated carbocycles. The van der Waals surface area contributed by atoms with E-state index in [1.807, 2.05) is 7.05 Å². The molecular formula is C22H38N6O. The number of hydrogen-bond acceptors (Lipinski definition) is 4. The lowest BCUT2D eigenvalue weighted by Gasteiger charge is -2.28. The van der Waals surface area contributed by atoms with E-state index in [0.29, 0.717) is 25.7 Å². The molecule has 1 aromatic rings. The maximum atomic E-state index is 11.6. The van der Waals surface area contributed by atoms with Crippen molar-refractivity contribution >= 4 is 17.6 Å². The SMILES string of the molecule is CCN(CC)CCCC(C)NC(=NC)NCc1ccc(N2CCNC(=O)C2)cc1. The summed E-state index contributed by atoms with van der Waals surface area (Å²) in [6.07, 6.45) is 2.30. The van der Waals surface area contributed by atoms with Crippen LogP contribution in [0.4, 0.5) is 5.69 Å². The molecule has 1 aliphatic heterocycles. The second-order valence-electron chi connectivity index (χ2n) is 7.58. The highest BCUT2D eigenvalue weighted by molar-refractivity contribution is 5.82. The maximum Gasteiger partial charge on any atom is 0.239 e. The van der Waals surface area contributed by atoms with Gasteiger partial charge in [-0.3, -0.25) is 9.79 Å². The zero-order valence-corrected chi connectivity index (χ0v) is 18.5. The molecule has 1 saturated heterocycles. The number of nitrogens with zero attached hydrogens (tertiary/aromatic N) is 3. The molecule has 3 N–H and O–H groups in total. The van der Waals surface area contributed by atoms with Crippen molar-refractivity contribution in [3.63, 3.8) is 0 Å². The first kappa shape index (κ1) is 23.0. The predicted octanol–water partition coefficient (Wildman–Crippen LogP) is 1.80. The second-order valence-corrected chi connectivity index (χ2v) is 7.58. The Labute approximate surface area is 175 Å². The zero-order valence-electron chi connectivity index (χ0n) is 18.5. The van der Waals surface area contributed by atoms with E-state index in [0.717, 1.165) is 44.2 Å². The first-order chi connectivity index (χ1) is 14.0. The Morgan fingerprint density at radius 1 is 1.28 bits per heavy atom. The van der Waals surface area contributed by atoms with E-state index in [2.05, 4.69) is 75.8 Å². The largest absolute Gasteiger partial charge is 0.360 e. The summed E-state index contributed by atoms with van der Waals surface area (Å²) in [5.41, 5.74) is 2.28. The van der Waals surface area contributed by atoms with Crippen molar-refractivity contribution in [1.29, 1.82) is 0 Å². The van der Waals surface area contributed by atoms with Crippen LogP contribution in [-0.4, -0.2) is 69.1 Å². The van der Waals surface area contributed by atoms with Gasteiger partial charge in [-0.05, 0) is 57.1 Å². The summed E-state index contributed by atoms with van der Waals surface area (Å²) < 4.78 is 0. The van der Waals surface area contributed by atoms with Crippen LogP contribution in [0.1, 0.15) is 39.2 Å². The van der Waals surface area contributed by atoms with Crippen LogP contribution in [0.5, 0.6) is 0 Å². The molecule has 0 bridgehead atoms. The van der Waals surface area contributed by atoms with Crippen molar-refractivity contribution in [1.82, 2.24) is 20.9 Å². The minimum atomic E-state index is 0.0862. The highest BCUT2D eigenvalue weighted by Crippen LogP contribution is 2.16. The second kappa shape index (κ2) is 12.3. The Balaban J connectivity index is 1.74. The number of anilines is 1. The van der Waals surface area contributed by atoms with E-state index in [-0.39, 0.29) is 5.91 Å². The third-order valence-corrected chi connectivity index (χ3v) is 5.41. The van der Waals surface area contributed by atoms with Gasteiger partial charge < -0.3 is 25.8 Å². The summed E-state index contributed by atoms with van der Waals surface area (Å²) >= 11 is 0. The van der Waals surface area contributed by atoms with Gasteiger partial charge in [-0.15, -0.1) is 0 Å². The number of rotatable bonds is 10. The van der Waals surface area contributed by atoms with Crippen LogP contribution in [0, 0.1) is 0 Å². The molecule has 1 atom stereocenters. The lowest BCUT2D eigenvalue weighted by atomic mass is 10.1. The van der Waals surface area contributed by atoms with Crippen LogP contribution in [-0.2, 0) is 11.3 Å². The van der Waals surface area contributed by atoms with Crippen molar-refractivity contribution < 1.29 is 4.79 Å². The number of benzene rings is 1. The fraction of sp³-hybridized carbons (Fsp3) is 0.636. The Bertz CT molecular complexity index is 641. The molecule has 1 aromatic carbocycles. The van der Waals surface area contributed by atoms with Gasteiger partial charge in [-0.1, -0.05) is 26.0 Å². The molecule has 1 fully saturated rings. The van der Waals surface area contributed by atoms with Gasteiger partial charge in [0.1, 0.15) is 0 Å². The molecule has 162 valence electrons. The number of piperazine rings is 1. The average Bonchev–Trinajstić information content (AvgIpc) is 2.74. The van der Waals surface area contributed by atoms with Crippen molar-refractivity contribution in [2.45, 2.75) is 46.2 Å². The molecule has 1 unspecified atom stereocenters. The molecule has 2 rings (SSSR count). The summed E-state index contributed by atoms with van der Waals surface area (Å²) in [7, 11) is 1.81. The zero-order chi connectivity index (χ0) is 21.1. The van der Waals surface area contributed by atoms with E-state index >= 15 is 0 Å². The van der Waals surface area contributed by atoms with Crippen LogP contribution >= 0.6 is 0 Å². The fourth-order valence-corrected chi connectivity index (χ4v) is 3.53. The minimum Gasteiger partial charge on any atom is -0.360 e. The molecule has 1 heterocycles. The molecule has 7 nitrogen and oxygen atoms in total. The number of amides is 1. The first-order valence-corrected chi connectivity index (χ1v) is 10.9. The number of hydrogen-bond donors (Lipinski definition) is 3. The minimum absolute atomic E-state index is 0.0862. The first-order valence-electron chi connectivity index (χ1n) is 10.9. The molecule has 7 heteroatoms. The van der Waals surface area contributed by atoms with Crippen LogP contribution < -0.4 is 20.9 Å². The van der Waals surface area contributed by atoms with Gasteiger partial charge in [0.25, 0.3) is 0 Å². The van der Waals surface area contributed by atoms with Gasteiger partial charge in [0.2, 0.25) is 5.91 Å². The van der Waals surface area contributed by atoms with Crippen molar-refractivity contribution in [2.75, 3.05) is 51.2 Å². The standard InChI is InChI=1S/C22H38N6O/c1-5-27(6-2)14-7-8-18(3)26-22(23-4)25-16-19-9-11-20(12-10-19)28-15-13-24-21(29)17-28/h9-12,18H,5-8,13-17H2,1-4H3,(H,24,29)(H2,23,25,26). The molecular weight excluding hydrogens is 364 g/mol. The number of nitrogens with one attached hydrogen (secondary N) is 3. The fourth-order valence-electron chi connectivity index (χ4n) is 3.53. The lowest BCUT2D eigenvalue weighted by Crippen LogP contribution is -2.47. The number of carbonyl (C=O) groups excluding carboxylic acids is 1. The van der Waals surface area contributed by atoms with E-state index < -0.39 is 0 Å². The highest BCUT2D eigenvalue weighted by atomic mass is 16.2. The molecule has 1 amide bonds. The molecule has 0 spiro atoms. The molecule has 0 aromatic heterocycles. The Morgan fingerprint density at radius 3 is 2.62 bits per heavy atom. The highest BCUT2D eigenvalue weighted by Gasteiger charge is 2.16. The van der Waals surface area contributed by atoms with Crippen molar-refractivity contribution in [2.24, 2.45) is 4.99 Å². The van der Waals surface area contributed by atoms with Crippen LogP contribution in [0.15, 0.2) is 29.3 Å². The summed E-state index contributed by atoms with van der Waals surface area (Å²) in [6, 6.07) is 8.76. The molecule has 1 aliphatic rings. The van der Waals surface area contributed by atoms with E-state index in [4.69, 9.17) is 0 Å². The maximum absolute atomic E-state index is 11.6. The average molecular weight is 403 g/mol. The van der Waals surface area contributed by atoms with Crippen LogP contribution in [0.3, 0.4) is 0 Å². The molecule has 0 radical (unpaired) electrons. The van der Waals surface area contributed by atoms with Crippen LogP contribution in [0.2, 0.25) is 0 Å². The van der Waals surface area contributed by atoms with Crippen molar-refractivity contribution in [3.05, 3.63) is 29.8 Å². The Kier molecular flexibility index (Phi) is 9.77. The van der Waals surface area contributed by atoms with Gasteiger partial charge in [0.05, 0.1) is 6.54 Å². The topological polar surface area (TPSA) is 72.0 Å². The summed E-state index contributed by atoms with van der Waals surface area (Å²) in [4.78, 5) is 20.5. The molecule has 0 aliphatic carbocycles. The van der Waals surface area contributed by atoms with Gasteiger partial charge in [0.15, 0.2) is 5.96 Å². The predicted molar refractivity (Wildman–Crippen MR) is 121 cm³/mol. The summed E-state index contributed by atoms with van der Waals surface area (Å²) in [6.45, 7) is 12.7. The van der Waals surface area contributed by atoms with E-state index in [1.54, 1.807) is 0 Å². The van der Waals surface area contributed by atoms with Gasteiger partial charge in [-0.2, -0.15) is 0 Å². The van der Waals surface area contributed by atoms with Crippen molar-refractivity contribution in [3.8, 4) is 0 Å². The molecule has 29 heavy (non-hydrogen) atoms. The Morgan fingerprint density at radius 2 is 2.00 bits per heavy atom. The van der Waals surface area contributed by atoms with Gasteiger partial charge in [-0.25, -0.2) is 0 Å². The smallest absolute Gasteiger partial charge is 0.239 e. The quantitative estimate of drug-likeness (QED) is 0.411. The van der Waals surface area contributed by atoms with Gasteiger partial charge >= 0.3 is 0 Å². The number of guanidine groups is 1. The van der Waals surface area contributed by atoms with E-state index in [1.165, 1.54) is 12.0 Å². The monoisotopic (exact) mass is 402 g/mol. The Hall–Kier alpha value is -2.28. The van der Waals surface area contributed by atoms with E-state index in [9.17, 15) is 4.79 Å². The summed E-state index contributed by atoms with van der Waals surface area (Å²) in [5.74, 6) is 0.917. The van der Waals surface area contributed by atoms with Gasteiger partial charge in [0, 0.05) is 38.4 Å². The third-order valence-electron chi connectivity index (χ3n) is 5.41. The number of aliphatic imine (C=N–C) groups is 1. The normalized spacial score (nSPS) is 16.0. The van der Waals surface area contributed by atoms with Crippen LogP contribution in [0.25, 0.3) is 0 Å². The summed E-state index contributed by atoms with van der Waals surface area (Å²) in [5, 5.41) is 9.74.